The van der Waals surface area contributed by atoms with Gasteiger partial charge in [0.15, 0.2) is 0 Å². The van der Waals surface area contributed by atoms with Crippen LogP contribution in [0.25, 0.3) is 10.4 Å². The lowest BCUT2D eigenvalue weighted by molar-refractivity contribution is -0.384. The molecule has 80 valence electrons. The summed E-state index contributed by atoms with van der Waals surface area (Å²) in [7, 11) is 0. The van der Waals surface area contributed by atoms with Crippen molar-refractivity contribution in [1.82, 2.24) is 0 Å². The van der Waals surface area contributed by atoms with Crippen LogP contribution in [0.4, 0.5) is 5.69 Å². The number of nitro benzene ring substituents is 1. The minimum atomic E-state index is -0.329. The molecule has 1 heterocycles. The Hall–Kier alpha value is -1.68. The number of thiophene rings is 1. The van der Waals surface area contributed by atoms with Gasteiger partial charge >= 0.3 is 0 Å². The summed E-state index contributed by atoms with van der Waals surface area (Å²) in [4.78, 5) is 11.6. The van der Waals surface area contributed by atoms with Crippen molar-refractivity contribution in [3.8, 4) is 10.4 Å². The van der Waals surface area contributed by atoms with Crippen LogP contribution in [0.15, 0.2) is 29.6 Å². The van der Waals surface area contributed by atoms with Crippen LogP contribution in [0.2, 0.25) is 0 Å². The zero-order valence-corrected chi connectivity index (χ0v) is 9.29. The van der Waals surface area contributed by atoms with E-state index in [4.69, 9.17) is 0 Å². The van der Waals surface area contributed by atoms with E-state index in [0.717, 1.165) is 18.4 Å². The highest BCUT2D eigenvalue weighted by Crippen LogP contribution is 2.38. The molecule has 1 aromatic heterocycles. The molecule has 0 amide bonds. The first-order chi connectivity index (χ1) is 7.75. The number of hydrogen-bond acceptors (Lipinski definition) is 3. The van der Waals surface area contributed by atoms with Crippen LogP contribution in [0.5, 0.6) is 0 Å². The van der Waals surface area contributed by atoms with Crippen molar-refractivity contribution < 1.29 is 4.92 Å². The van der Waals surface area contributed by atoms with Gasteiger partial charge < -0.3 is 0 Å². The molecule has 4 heteroatoms. The van der Waals surface area contributed by atoms with Gasteiger partial charge in [0.25, 0.3) is 5.69 Å². The molecule has 16 heavy (non-hydrogen) atoms. The number of rotatable bonds is 1. The molecule has 0 bridgehead atoms. The van der Waals surface area contributed by atoms with E-state index in [2.05, 4.69) is 11.4 Å². The second-order valence-corrected chi connectivity index (χ2v) is 4.79. The van der Waals surface area contributed by atoms with Gasteiger partial charge in [-0.05, 0) is 47.0 Å². The van der Waals surface area contributed by atoms with Crippen LogP contribution >= 0.6 is 11.3 Å². The largest absolute Gasteiger partial charge is 0.269 e. The fraction of sp³-hybridized carbons (Fsp3) is 0.167. The third kappa shape index (κ3) is 1.34. The minimum absolute atomic E-state index is 0.193. The zero-order chi connectivity index (χ0) is 11.1. The monoisotopic (exact) mass is 231 g/mol. The SMILES string of the molecule is O=[N+]([O-])c1ccc2c(c1)CCc1ccsc1-2. The maximum absolute atomic E-state index is 10.7. The number of nitro groups is 1. The summed E-state index contributed by atoms with van der Waals surface area (Å²) in [5.74, 6) is 0. The fourth-order valence-electron chi connectivity index (χ4n) is 2.16. The van der Waals surface area contributed by atoms with E-state index >= 15 is 0 Å². The average molecular weight is 231 g/mol. The molecule has 3 rings (SSSR count). The quantitative estimate of drug-likeness (QED) is 0.557. The van der Waals surface area contributed by atoms with E-state index in [1.54, 1.807) is 23.5 Å². The summed E-state index contributed by atoms with van der Waals surface area (Å²) >= 11 is 1.71. The predicted molar refractivity (Wildman–Crippen MR) is 63.8 cm³/mol. The Kier molecular flexibility index (Phi) is 2.04. The molecule has 3 nitrogen and oxygen atoms in total. The molecule has 0 spiro atoms. The van der Waals surface area contributed by atoms with Gasteiger partial charge in [-0.2, -0.15) is 0 Å². The fourth-order valence-corrected chi connectivity index (χ4v) is 3.18. The Morgan fingerprint density at radius 2 is 2.00 bits per heavy atom. The third-order valence-electron chi connectivity index (χ3n) is 2.95. The van der Waals surface area contributed by atoms with Crippen LogP contribution in [0.1, 0.15) is 11.1 Å². The third-order valence-corrected chi connectivity index (χ3v) is 3.94. The summed E-state index contributed by atoms with van der Waals surface area (Å²) in [6, 6.07) is 7.32. The van der Waals surface area contributed by atoms with Crippen molar-refractivity contribution in [1.29, 1.82) is 0 Å². The van der Waals surface area contributed by atoms with Gasteiger partial charge in [-0.15, -0.1) is 11.3 Å². The first-order valence-electron chi connectivity index (χ1n) is 5.10. The Bertz CT molecular complexity index is 574. The Balaban J connectivity index is 2.17. The van der Waals surface area contributed by atoms with Crippen molar-refractivity contribution in [3.63, 3.8) is 0 Å². The van der Waals surface area contributed by atoms with Gasteiger partial charge in [-0.25, -0.2) is 0 Å². The molecule has 0 unspecified atom stereocenters. The molecule has 1 aliphatic carbocycles. The maximum Gasteiger partial charge on any atom is 0.269 e. The predicted octanol–water partition coefficient (Wildman–Crippen LogP) is 3.42. The minimum Gasteiger partial charge on any atom is -0.258 e. The zero-order valence-electron chi connectivity index (χ0n) is 8.47. The van der Waals surface area contributed by atoms with Crippen molar-refractivity contribution in [2.24, 2.45) is 0 Å². The van der Waals surface area contributed by atoms with Gasteiger partial charge in [0, 0.05) is 17.0 Å². The number of benzene rings is 1. The lowest BCUT2D eigenvalue weighted by Crippen LogP contribution is -2.01. The van der Waals surface area contributed by atoms with Crippen molar-refractivity contribution in [3.05, 3.63) is 50.9 Å². The van der Waals surface area contributed by atoms with E-state index in [9.17, 15) is 10.1 Å². The molecule has 0 radical (unpaired) electrons. The van der Waals surface area contributed by atoms with Gasteiger partial charge in [0.05, 0.1) is 4.92 Å². The molecule has 1 aliphatic rings. The Labute approximate surface area is 96.5 Å². The average Bonchev–Trinajstić information content (AvgIpc) is 2.76. The van der Waals surface area contributed by atoms with Gasteiger partial charge in [-0.3, -0.25) is 10.1 Å². The van der Waals surface area contributed by atoms with Crippen LogP contribution in [-0.4, -0.2) is 4.92 Å². The lowest BCUT2D eigenvalue weighted by Gasteiger charge is -2.15. The highest BCUT2D eigenvalue weighted by molar-refractivity contribution is 7.13. The molecule has 0 saturated carbocycles. The topological polar surface area (TPSA) is 43.1 Å². The molecule has 0 fully saturated rings. The van der Waals surface area contributed by atoms with E-state index in [1.807, 2.05) is 6.07 Å². The highest BCUT2D eigenvalue weighted by atomic mass is 32.1. The highest BCUT2D eigenvalue weighted by Gasteiger charge is 2.19. The molecule has 0 aliphatic heterocycles. The molecule has 1 aromatic carbocycles. The molecular weight excluding hydrogens is 222 g/mol. The number of fused-ring (bicyclic) bond motifs is 3. The number of hydrogen-bond donors (Lipinski definition) is 0. The summed E-state index contributed by atoms with van der Waals surface area (Å²) < 4.78 is 0. The van der Waals surface area contributed by atoms with Crippen LogP contribution in [0, 0.1) is 10.1 Å². The van der Waals surface area contributed by atoms with E-state index in [1.165, 1.54) is 16.0 Å². The van der Waals surface area contributed by atoms with Crippen LogP contribution in [0.3, 0.4) is 0 Å². The summed E-state index contributed by atoms with van der Waals surface area (Å²) in [5, 5.41) is 12.8. The first kappa shape index (κ1) is 9.54. The van der Waals surface area contributed by atoms with Gasteiger partial charge in [0.1, 0.15) is 0 Å². The van der Waals surface area contributed by atoms with E-state index in [0.29, 0.717) is 0 Å². The van der Waals surface area contributed by atoms with Crippen molar-refractivity contribution >= 4 is 17.0 Å². The second kappa shape index (κ2) is 3.42. The number of non-ortho nitro benzene ring substituents is 1. The maximum atomic E-state index is 10.7. The van der Waals surface area contributed by atoms with E-state index in [-0.39, 0.29) is 10.6 Å². The normalized spacial score (nSPS) is 13.0. The summed E-state index contributed by atoms with van der Waals surface area (Å²) in [6.07, 6.45) is 1.90. The van der Waals surface area contributed by atoms with Gasteiger partial charge in [0.2, 0.25) is 0 Å². The molecule has 2 aromatic rings. The molecule has 0 atom stereocenters. The second-order valence-electron chi connectivity index (χ2n) is 3.87. The number of aryl methyl sites for hydroxylation is 2. The first-order valence-corrected chi connectivity index (χ1v) is 5.98. The van der Waals surface area contributed by atoms with Crippen molar-refractivity contribution in [2.45, 2.75) is 12.8 Å². The standard InChI is InChI=1S/C12H9NO2S/c14-13(15)10-3-4-11-9(7-10)2-1-8-5-6-16-12(8)11/h3-7H,1-2H2. The molecule has 0 saturated heterocycles. The van der Waals surface area contributed by atoms with Gasteiger partial charge in [-0.1, -0.05) is 0 Å². The summed E-state index contributed by atoms with van der Waals surface area (Å²) in [6.45, 7) is 0. The van der Waals surface area contributed by atoms with Crippen LogP contribution in [-0.2, 0) is 12.8 Å². The Morgan fingerprint density at radius 1 is 1.19 bits per heavy atom. The Morgan fingerprint density at radius 3 is 2.81 bits per heavy atom. The number of nitrogens with zero attached hydrogens (tertiary/aromatic N) is 1. The van der Waals surface area contributed by atoms with E-state index < -0.39 is 0 Å². The summed E-state index contributed by atoms with van der Waals surface area (Å²) in [5.41, 5.74) is 3.83. The molecule has 0 N–H and O–H groups in total. The van der Waals surface area contributed by atoms with Crippen molar-refractivity contribution in [2.75, 3.05) is 0 Å². The lowest BCUT2D eigenvalue weighted by atomic mass is 9.91. The van der Waals surface area contributed by atoms with Crippen LogP contribution < -0.4 is 0 Å². The molecular formula is C12H9NO2S. The smallest absolute Gasteiger partial charge is 0.258 e.